The van der Waals surface area contributed by atoms with Crippen molar-refractivity contribution in [3.05, 3.63) is 35.9 Å². The first-order chi connectivity index (χ1) is 8.03. The Balaban J connectivity index is 2.42. The van der Waals surface area contributed by atoms with Crippen LogP contribution in [-0.2, 0) is 15.7 Å². The molecule has 0 radical (unpaired) electrons. The van der Waals surface area contributed by atoms with E-state index in [4.69, 9.17) is 4.52 Å². The fraction of sp³-hybridized carbons (Fsp3) is 0.538. The molecule has 0 heterocycles. The van der Waals surface area contributed by atoms with Gasteiger partial charge in [0.1, 0.15) is 0 Å². The van der Waals surface area contributed by atoms with E-state index in [0.29, 0.717) is 6.61 Å². The zero-order valence-corrected chi connectivity index (χ0v) is 11.7. The van der Waals surface area contributed by atoms with Gasteiger partial charge in [0.05, 0.1) is 6.61 Å². The molecule has 0 fully saturated rings. The highest BCUT2D eigenvalue weighted by molar-refractivity contribution is 7.56. The number of nitrogens with one attached hydrogen (secondary N) is 1. The summed E-state index contributed by atoms with van der Waals surface area (Å²) >= 11 is 0. The summed E-state index contributed by atoms with van der Waals surface area (Å²) in [5.41, 5.74) is 1.04. The van der Waals surface area contributed by atoms with Crippen LogP contribution in [0.2, 0.25) is 0 Å². The third-order valence-corrected chi connectivity index (χ3v) is 4.03. The van der Waals surface area contributed by atoms with Crippen molar-refractivity contribution in [3.63, 3.8) is 0 Å². The molecule has 0 saturated carbocycles. The number of hydrogen-bond acceptors (Lipinski definition) is 2. The minimum absolute atomic E-state index is 0.228. The van der Waals surface area contributed by atoms with Crippen molar-refractivity contribution in [1.29, 1.82) is 0 Å². The molecule has 4 heteroatoms. The molecule has 2 unspecified atom stereocenters. The van der Waals surface area contributed by atoms with Crippen LogP contribution in [0.3, 0.4) is 0 Å². The van der Waals surface area contributed by atoms with E-state index >= 15 is 0 Å². The molecule has 2 atom stereocenters. The van der Waals surface area contributed by atoms with Gasteiger partial charge < -0.3 is 4.52 Å². The summed E-state index contributed by atoms with van der Waals surface area (Å²) in [5, 5.41) is 3.06. The van der Waals surface area contributed by atoms with Gasteiger partial charge in [0.25, 0.3) is 7.52 Å². The average molecular weight is 255 g/mol. The molecule has 0 spiro atoms. The maximum Gasteiger partial charge on any atom is 0.267 e. The van der Waals surface area contributed by atoms with Gasteiger partial charge in [-0.25, -0.2) is 5.09 Å². The largest absolute Gasteiger partial charge is 0.313 e. The van der Waals surface area contributed by atoms with Crippen LogP contribution in [0.25, 0.3) is 0 Å². The topological polar surface area (TPSA) is 38.3 Å². The van der Waals surface area contributed by atoms with Crippen molar-refractivity contribution in [3.8, 4) is 0 Å². The molecule has 0 amide bonds. The van der Waals surface area contributed by atoms with Crippen molar-refractivity contribution in [1.82, 2.24) is 5.09 Å². The summed E-state index contributed by atoms with van der Waals surface area (Å²) in [7, 11) is -2.69. The Morgan fingerprint density at radius 3 is 2.59 bits per heavy atom. The standard InChI is InChI=1S/C13H22NO2P/c1-4-8-12(2)14-17(3,15)16-11-13-9-6-5-7-10-13/h5-7,9-10,12H,4,8,11H2,1-3H3,(H,14,15). The third kappa shape index (κ3) is 6.02. The third-order valence-electron chi connectivity index (χ3n) is 2.50. The molecule has 96 valence electrons. The first kappa shape index (κ1) is 14.4. The smallest absolute Gasteiger partial charge is 0.267 e. The Bertz CT molecular complexity index is 367. The van der Waals surface area contributed by atoms with E-state index in [2.05, 4.69) is 12.0 Å². The summed E-state index contributed by atoms with van der Waals surface area (Å²) in [6.07, 6.45) is 2.08. The predicted octanol–water partition coefficient (Wildman–Crippen LogP) is 3.80. The van der Waals surface area contributed by atoms with Crippen LogP contribution in [0.1, 0.15) is 32.3 Å². The van der Waals surface area contributed by atoms with Crippen LogP contribution in [-0.4, -0.2) is 12.7 Å². The molecular weight excluding hydrogens is 233 g/mol. The average Bonchev–Trinajstić information content (AvgIpc) is 2.27. The molecule has 3 nitrogen and oxygen atoms in total. The number of benzene rings is 1. The van der Waals surface area contributed by atoms with Crippen molar-refractivity contribution in [2.75, 3.05) is 6.66 Å². The van der Waals surface area contributed by atoms with Crippen LogP contribution < -0.4 is 5.09 Å². The fourth-order valence-electron chi connectivity index (χ4n) is 1.71. The lowest BCUT2D eigenvalue weighted by Gasteiger charge is -2.20. The Hall–Kier alpha value is -0.630. The van der Waals surface area contributed by atoms with Gasteiger partial charge in [-0.15, -0.1) is 0 Å². The van der Waals surface area contributed by atoms with Crippen molar-refractivity contribution < 1.29 is 9.09 Å². The zero-order valence-electron chi connectivity index (χ0n) is 10.8. The highest BCUT2D eigenvalue weighted by Gasteiger charge is 2.18. The van der Waals surface area contributed by atoms with Crippen LogP contribution >= 0.6 is 7.52 Å². The minimum Gasteiger partial charge on any atom is -0.313 e. The lowest BCUT2D eigenvalue weighted by atomic mass is 10.2. The molecule has 0 aromatic heterocycles. The van der Waals surface area contributed by atoms with Crippen LogP contribution in [0.4, 0.5) is 0 Å². The Morgan fingerprint density at radius 1 is 1.35 bits per heavy atom. The van der Waals surface area contributed by atoms with Gasteiger partial charge in [-0.3, -0.25) is 4.57 Å². The maximum absolute atomic E-state index is 12.1. The summed E-state index contributed by atoms with van der Waals surface area (Å²) in [4.78, 5) is 0. The highest BCUT2D eigenvalue weighted by atomic mass is 31.2. The van der Waals surface area contributed by atoms with E-state index in [0.717, 1.165) is 18.4 Å². The van der Waals surface area contributed by atoms with Gasteiger partial charge in [0, 0.05) is 12.7 Å². The predicted molar refractivity (Wildman–Crippen MR) is 72.3 cm³/mol. The van der Waals surface area contributed by atoms with Crippen molar-refractivity contribution in [2.45, 2.75) is 39.3 Å². The van der Waals surface area contributed by atoms with Gasteiger partial charge in [0.2, 0.25) is 0 Å². The van der Waals surface area contributed by atoms with Crippen LogP contribution in [0.15, 0.2) is 30.3 Å². The molecule has 0 saturated heterocycles. The normalized spacial score (nSPS) is 16.4. The quantitative estimate of drug-likeness (QED) is 0.753. The zero-order chi connectivity index (χ0) is 12.7. The molecule has 1 aromatic rings. The van der Waals surface area contributed by atoms with Crippen LogP contribution in [0, 0.1) is 0 Å². The molecule has 1 aromatic carbocycles. The molecule has 1 rings (SSSR count). The molecule has 17 heavy (non-hydrogen) atoms. The summed E-state index contributed by atoms with van der Waals surface area (Å²) in [6.45, 7) is 6.18. The van der Waals surface area contributed by atoms with E-state index in [-0.39, 0.29) is 6.04 Å². The van der Waals surface area contributed by atoms with Gasteiger partial charge in [-0.1, -0.05) is 43.7 Å². The Kier molecular flexibility index (Phi) is 5.90. The Morgan fingerprint density at radius 2 is 2.00 bits per heavy atom. The number of rotatable bonds is 7. The fourth-order valence-corrected chi connectivity index (χ4v) is 3.11. The van der Waals surface area contributed by atoms with Crippen molar-refractivity contribution >= 4 is 7.52 Å². The van der Waals surface area contributed by atoms with Gasteiger partial charge in [0.15, 0.2) is 0 Å². The second-order valence-electron chi connectivity index (χ2n) is 4.42. The first-order valence-corrected chi connectivity index (χ1v) is 8.14. The molecule has 0 aliphatic rings. The van der Waals surface area contributed by atoms with Gasteiger partial charge >= 0.3 is 0 Å². The molecule has 1 N–H and O–H groups in total. The Labute approximate surface area is 104 Å². The van der Waals surface area contributed by atoms with E-state index in [1.54, 1.807) is 6.66 Å². The number of hydrogen-bond donors (Lipinski definition) is 1. The van der Waals surface area contributed by atoms with Gasteiger partial charge in [-0.05, 0) is 18.9 Å². The van der Waals surface area contributed by atoms with Gasteiger partial charge in [-0.2, -0.15) is 0 Å². The highest BCUT2D eigenvalue weighted by Crippen LogP contribution is 2.39. The van der Waals surface area contributed by atoms with Crippen molar-refractivity contribution in [2.24, 2.45) is 0 Å². The SMILES string of the molecule is CCCC(C)NP(C)(=O)OCc1ccccc1. The summed E-state index contributed by atoms with van der Waals surface area (Å²) < 4.78 is 17.6. The first-order valence-electron chi connectivity index (χ1n) is 6.07. The molecule has 0 aliphatic carbocycles. The lowest BCUT2D eigenvalue weighted by Crippen LogP contribution is -2.23. The van der Waals surface area contributed by atoms with E-state index in [9.17, 15) is 4.57 Å². The minimum atomic E-state index is -2.69. The van der Waals surface area contributed by atoms with E-state index in [1.165, 1.54) is 0 Å². The second-order valence-corrected chi connectivity index (χ2v) is 6.63. The van der Waals surface area contributed by atoms with E-state index < -0.39 is 7.52 Å². The second kappa shape index (κ2) is 6.95. The molecular formula is C13H22NO2P. The summed E-state index contributed by atoms with van der Waals surface area (Å²) in [6, 6.07) is 10.0. The maximum atomic E-state index is 12.1. The molecule has 0 aliphatic heterocycles. The monoisotopic (exact) mass is 255 g/mol. The van der Waals surface area contributed by atoms with E-state index in [1.807, 2.05) is 37.3 Å². The summed E-state index contributed by atoms with van der Waals surface area (Å²) in [5.74, 6) is 0. The molecule has 0 bridgehead atoms. The lowest BCUT2D eigenvalue weighted by molar-refractivity contribution is 0.294. The van der Waals surface area contributed by atoms with Crippen LogP contribution in [0.5, 0.6) is 0 Å².